The van der Waals surface area contributed by atoms with E-state index in [4.69, 9.17) is 26.3 Å². The Morgan fingerprint density at radius 1 is 1.06 bits per heavy atom. The molecule has 0 unspecified atom stereocenters. The van der Waals surface area contributed by atoms with Crippen LogP contribution in [0.25, 0.3) is 0 Å². The zero-order valence-corrected chi connectivity index (χ0v) is 10.4. The molecule has 0 aliphatic carbocycles. The van der Waals surface area contributed by atoms with Crippen molar-refractivity contribution in [3.05, 3.63) is 53.1 Å². The minimum absolute atomic E-state index is 0.471. The van der Waals surface area contributed by atoms with E-state index in [9.17, 15) is 0 Å². The van der Waals surface area contributed by atoms with Gasteiger partial charge in [0, 0.05) is 6.07 Å². The predicted molar refractivity (Wildman–Crippen MR) is 69.2 cm³/mol. The number of rotatable bonds is 3. The third-order valence-electron chi connectivity index (χ3n) is 2.35. The van der Waals surface area contributed by atoms with Gasteiger partial charge in [0.2, 0.25) is 0 Å². The molecule has 18 heavy (non-hydrogen) atoms. The van der Waals surface area contributed by atoms with Crippen molar-refractivity contribution >= 4 is 11.6 Å². The second-order valence-electron chi connectivity index (χ2n) is 3.53. The first-order valence-corrected chi connectivity index (χ1v) is 5.62. The lowest BCUT2D eigenvalue weighted by atomic mass is 10.2. The summed E-state index contributed by atoms with van der Waals surface area (Å²) in [5, 5.41) is 9.17. The highest BCUT2D eigenvalue weighted by atomic mass is 35.5. The normalized spacial score (nSPS) is 9.61. The van der Waals surface area contributed by atoms with Crippen LogP contribution in [0, 0.1) is 11.3 Å². The molecule has 0 aliphatic heterocycles. The predicted octanol–water partition coefficient (Wildman–Crippen LogP) is 4.01. The largest absolute Gasteiger partial charge is 0.497 e. The molecule has 2 aromatic rings. The molecule has 0 heterocycles. The molecule has 0 radical (unpaired) electrons. The van der Waals surface area contributed by atoms with Crippen LogP contribution in [0.15, 0.2) is 42.5 Å². The monoisotopic (exact) mass is 259 g/mol. The van der Waals surface area contributed by atoms with E-state index in [2.05, 4.69) is 0 Å². The van der Waals surface area contributed by atoms with Crippen LogP contribution in [0.2, 0.25) is 5.02 Å². The fourth-order valence-electron chi connectivity index (χ4n) is 1.42. The van der Waals surface area contributed by atoms with E-state index in [0.717, 1.165) is 0 Å². The van der Waals surface area contributed by atoms with Gasteiger partial charge in [0.15, 0.2) is 0 Å². The second-order valence-corrected chi connectivity index (χ2v) is 3.94. The Morgan fingerprint density at radius 2 is 1.72 bits per heavy atom. The molecule has 0 bridgehead atoms. The van der Waals surface area contributed by atoms with Crippen LogP contribution < -0.4 is 9.47 Å². The first-order chi connectivity index (χ1) is 8.72. The maximum Gasteiger partial charge on any atom is 0.146 e. The van der Waals surface area contributed by atoms with Crippen LogP contribution >= 0.6 is 11.6 Å². The van der Waals surface area contributed by atoms with Crippen molar-refractivity contribution in [1.29, 1.82) is 5.26 Å². The highest BCUT2D eigenvalue weighted by Crippen LogP contribution is 2.32. The van der Waals surface area contributed by atoms with Gasteiger partial charge in [0.05, 0.1) is 23.8 Å². The van der Waals surface area contributed by atoms with Gasteiger partial charge in [-0.05, 0) is 36.4 Å². The van der Waals surface area contributed by atoms with Gasteiger partial charge in [-0.25, -0.2) is 0 Å². The lowest BCUT2D eigenvalue weighted by molar-refractivity contribution is 0.413. The number of hydrogen-bond donors (Lipinski definition) is 0. The third-order valence-corrected chi connectivity index (χ3v) is 2.65. The molecule has 0 fully saturated rings. The van der Waals surface area contributed by atoms with Gasteiger partial charge in [-0.1, -0.05) is 11.6 Å². The van der Waals surface area contributed by atoms with Crippen molar-refractivity contribution in [2.24, 2.45) is 0 Å². The average molecular weight is 260 g/mol. The molecule has 2 aromatic carbocycles. The summed E-state index contributed by atoms with van der Waals surface area (Å²) >= 11 is 6.06. The first-order valence-electron chi connectivity index (χ1n) is 5.24. The summed E-state index contributed by atoms with van der Waals surface area (Å²) in [4.78, 5) is 0. The van der Waals surface area contributed by atoms with E-state index in [-0.39, 0.29) is 0 Å². The maximum atomic E-state index is 8.69. The highest BCUT2D eigenvalue weighted by molar-refractivity contribution is 6.32. The third kappa shape index (κ3) is 2.73. The number of hydrogen-bond acceptors (Lipinski definition) is 3. The molecule has 0 spiro atoms. The van der Waals surface area contributed by atoms with E-state index in [1.807, 2.05) is 6.07 Å². The van der Waals surface area contributed by atoms with Gasteiger partial charge in [0.1, 0.15) is 17.2 Å². The van der Waals surface area contributed by atoms with Crippen LogP contribution in [-0.4, -0.2) is 7.11 Å². The molecule has 0 saturated carbocycles. The molecule has 0 aromatic heterocycles. The Hall–Kier alpha value is -2.18. The van der Waals surface area contributed by atoms with E-state index < -0.39 is 0 Å². The van der Waals surface area contributed by atoms with E-state index >= 15 is 0 Å². The Kier molecular flexibility index (Phi) is 3.71. The summed E-state index contributed by atoms with van der Waals surface area (Å²) in [6, 6.07) is 14.0. The summed E-state index contributed by atoms with van der Waals surface area (Å²) in [7, 11) is 1.58. The van der Waals surface area contributed by atoms with Gasteiger partial charge >= 0.3 is 0 Å². The topological polar surface area (TPSA) is 42.2 Å². The summed E-state index contributed by atoms with van der Waals surface area (Å²) in [6.07, 6.45) is 0. The van der Waals surface area contributed by atoms with E-state index in [0.29, 0.717) is 27.8 Å². The van der Waals surface area contributed by atoms with Crippen LogP contribution in [-0.2, 0) is 0 Å². The molecule has 0 N–H and O–H groups in total. The van der Waals surface area contributed by atoms with Gasteiger partial charge in [-0.2, -0.15) is 5.26 Å². The van der Waals surface area contributed by atoms with Crippen molar-refractivity contribution < 1.29 is 9.47 Å². The molecule has 0 atom stereocenters. The molecule has 4 heteroatoms. The Labute approximate surface area is 110 Å². The van der Waals surface area contributed by atoms with Crippen LogP contribution in [0.3, 0.4) is 0 Å². The van der Waals surface area contributed by atoms with Crippen molar-refractivity contribution in [2.45, 2.75) is 0 Å². The standard InChI is InChI=1S/C14H10ClNO2/c1-17-12-6-7-14(13(15)8-12)18-11-4-2-10(9-16)3-5-11/h2-8H,1H3. The minimum atomic E-state index is 0.471. The van der Waals surface area contributed by atoms with Crippen molar-refractivity contribution in [2.75, 3.05) is 7.11 Å². The van der Waals surface area contributed by atoms with Crippen LogP contribution in [0.5, 0.6) is 17.2 Å². The molecule has 2 rings (SSSR count). The van der Waals surface area contributed by atoms with E-state index in [1.165, 1.54) is 0 Å². The zero-order chi connectivity index (χ0) is 13.0. The fourth-order valence-corrected chi connectivity index (χ4v) is 1.62. The Bertz CT molecular complexity index is 588. The number of benzene rings is 2. The molecule has 0 saturated heterocycles. The van der Waals surface area contributed by atoms with Crippen molar-refractivity contribution in [3.63, 3.8) is 0 Å². The summed E-state index contributed by atoms with van der Waals surface area (Å²) in [5.41, 5.74) is 0.586. The van der Waals surface area contributed by atoms with Gasteiger partial charge in [0.25, 0.3) is 0 Å². The Morgan fingerprint density at radius 3 is 2.28 bits per heavy atom. The van der Waals surface area contributed by atoms with Crippen molar-refractivity contribution in [1.82, 2.24) is 0 Å². The highest BCUT2D eigenvalue weighted by Gasteiger charge is 2.04. The van der Waals surface area contributed by atoms with Crippen LogP contribution in [0.4, 0.5) is 0 Å². The molecule has 90 valence electrons. The lowest BCUT2D eigenvalue weighted by Gasteiger charge is -2.08. The molecule has 3 nitrogen and oxygen atoms in total. The van der Waals surface area contributed by atoms with Crippen molar-refractivity contribution in [3.8, 4) is 23.3 Å². The summed E-state index contributed by atoms with van der Waals surface area (Å²) in [6.45, 7) is 0. The second kappa shape index (κ2) is 5.44. The number of methoxy groups -OCH3 is 1. The molecule has 0 aliphatic rings. The Balaban J connectivity index is 2.20. The number of nitriles is 1. The summed E-state index contributed by atoms with van der Waals surface area (Å²) < 4.78 is 10.7. The SMILES string of the molecule is COc1ccc(Oc2ccc(C#N)cc2)c(Cl)c1. The smallest absolute Gasteiger partial charge is 0.146 e. The number of halogens is 1. The summed E-state index contributed by atoms with van der Waals surface area (Å²) in [5.74, 6) is 1.84. The zero-order valence-electron chi connectivity index (χ0n) is 9.68. The van der Waals surface area contributed by atoms with E-state index in [1.54, 1.807) is 49.6 Å². The molecular weight excluding hydrogens is 250 g/mol. The number of ether oxygens (including phenoxy) is 2. The van der Waals surface area contributed by atoms with Gasteiger partial charge < -0.3 is 9.47 Å². The maximum absolute atomic E-state index is 8.69. The number of nitrogens with zero attached hydrogens (tertiary/aromatic N) is 1. The minimum Gasteiger partial charge on any atom is -0.497 e. The van der Waals surface area contributed by atoms with Crippen LogP contribution in [0.1, 0.15) is 5.56 Å². The van der Waals surface area contributed by atoms with Gasteiger partial charge in [-0.3, -0.25) is 0 Å². The fraction of sp³-hybridized carbons (Fsp3) is 0.0714. The quantitative estimate of drug-likeness (QED) is 0.836. The lowest BCUT2D eigenvalue weighted by Crippen LogP contribution is -1.87. The first kappa shape index (κ1) is 12.3. The molecule has 0 amide bonds. The molecular formula is C14H10ClNO2. The van der Waals surface area contributed by atoms with Gasteiger partial charge in [-0.15, -0.1) is 0 Å². The average Bonchev–Trinajstić information content (AvgIpc) is 2.42.